The first-order valence-corrected chi connectivity index (χ1v) is 6.27. The Kier molecular flexibility index (Phi) is 4.35. The molecule has 0 saturated carbocycles. The molecule has 0 saturated heterocycles. The monoisotopic (exact) mass is 269 g/mol. The molecule has 0 bridgehead atoms. The number of anilines is 1. The highest BCUT2D eigenvalue weighted by atomic mass is 32.2. The molecule has 0 amide bonds. The topological polar surface area (TPSA) is 66.4 Å². The smallest absolute Gasteiger partial charge is 0.232 e. The lowest BCUT2D eigenvalue weighted by molar-refractivity contribution is 0.295. The van der Waals surface area contributed by atoms with Crippen LogP contribution in [0.4, 0.5) is 18.9 Å². The zero-order valence-electron chi connectivity index (χ0n) is 8.58. The maximum atomic E-state index is 12.8. The molecular formula is C9H10F3NO3S. The van der Waals surface area contributed by atoms with Crippen molar-refractivity contribution in [3.8, 4) is 0 Å². The summed E-state index contributed by atoms with van der Waals surface area (Å²) < 4.78 is 62.6. The molecule has 17 heavy (non-hydrogen) atoms. The molecule has 1 aromatic rings. The van der Waals surface area contributed by atoms with Gasteiger partial charge in [-0.3, -0.25) is 4.72 Å². The summed E-state index contributed by atoms with van der Waals surface area (Å²) >= 11 is 0. The van der Waals surface area contributed by atoms with Crippen LogP contribution in [0.25, 0.3) is 0 Å². The van der Waals surface area contributed by atoms with E-state index >= 15 is 0 Å². The normalized spacial score (nSPS) is 11.5. The van der Waals surface area contributed by atoms with Crippen molar-refractivity contribution in [1.82, 2.24) is 0 Å². The van der Waals surface area contributed by atoms with Crippen molar-refractivity contribution in [2.45, 2.75) is 6.42 Å². The summed E-state index contributed by atoms with van der Waals surface area (Å²) in [6.07, 6.45) is -0.0124. The predicted octanol–water partition coefficient (Wildman–Crippen LogP) is 1.23. The minimum Gasteiger partial charge on any atom is -0.396 e. The third-order valence-electron chi connectivity index (χ3n) is 1.83. The van der Waals surface area contributed by atoms with Gasteiger partial charge >= 0.3 is 0 Å². The zero-order chi connectivity index (χ0) is 13.1. The second-order valence-corrected chi connectivity index (χ2v) is 5.09. The standard InChI is InChI=1S/C9H10F3NO3S/c10-7-4-6(5-8(11)9(7)12)13-17(15,16)3-1-2-14/h4-5,13-14H,1-3H2. The number of hydrogen-bond donors (Lipinski definition) is 2. The van der Waals surface area contributed by atoms with Crippen molar-refractivity contribution >= 4 is 15.7 Å². The van der Waals surface area contributed by atoms with E-state index in [2.05, 4.69) is 0 Å². The number of hydrogen-bond acceptors (Lipinski definition) is 3. The SMILES string of the molecule is O=S(=O)(CCCO)Nc1cc(F)c(F)c(F)c1. The van der Waals surface area contributed by atoms with E-state index < -0.39 is 38.9 Å². The van der Waals surface area contributed by atoms with E-state index in [9.17, 15) is 21.6 Å². The van der Waals surface area contributed by atoms with Crippen molar-refractivity contribution in [2.24, 2.45) is 0 Å². The molecule has 0 aliphatic heterocycles. The minimum atomic E-state index is -3.81. The fourth-order valence-corrected chi connectivity index (χ4v) is 2.19. The molecule has 0 aliphatic rings. The molecule has 96 valence electrons. The first-order valence-electron chi connectivity index (χ1n) is 4.61. The van der Waals surface area contributed by atoms with Gasteiger partial charge in [0.25, 0.3) is 0 Å². The van der Waals surface area contributed by atoms with Crippen LogP contribution in [0.3, 0.4) is 0 Å². The first kappa shape index (κ1) is 13.8. The molecule has 0 spiro atoms. The fraction of sp³-hybridized carbons (Fsp3) is 0.333. The Balaban J connectivity index is 2.89. The molecular weight excluding hydrogens is 259 g/mol. The van der Waals surface area contributed by atoms with Gasteiger partial charge in [-0.05, 0) is 6.42 Å². The summed E-state index contributed by atoms with van der Waals surface area (Å²) in [6, 6.07) is 1.07. The van der Waals surface area contributed by atoms with E-state index in [0.29, 0.717) is 12.1 Å². The Morgan fingerprint density at radius 2 is 1.71 bits per heavy atom. The van der Waals surface area contributed by atoms with Gasteiger partial charge in [-0.1, -0.05) is 0 Å². The number of benzene rings is 1. The molecule has 0 aliphatic carbocycles. The number of rotatable bonds is 5. The summed E-state index contributed by atoms with van der Waals surface area (Å²) in [4.78, 5) is 0. The number of halogens is 3. The lowest BCUT2D eigenvalue weighted by atomic mass is 10.3. The van der Waals surface area contributed by atoms with Gasteiger partial charge in [-0.15, -0.1) is 0 Å². The van der Waals surface area contributed by atoms with Crippen LogP contribution >= 0.6 is 0 Å². The van der Waals surface area contributed by atoms with Crippen LogP contribution in [0.2, 0.25) is 0 Å². The van der Waals surface area contributed by atoms with Gasteiger partial charge in [0.05, 0.1) is 11.4 Å². The fourth-order valence-electron chi connectivity index (χ4n) is 1.10. The van der Waals surface area contributed by atoms with E-state index in [1.807, 2.05) is 4.72 Å². The highest BCUT2D eigenvalue weighted by Crippen LogP contribution is 2.18. The molecule has 0 radical (unpaired) electrons. The number of aliphatic hydroxyl groups excluding tert-OH is 1. The molecule has 0 unspecified atom stereocenters. The van der Waals surface area contributed by atoms with Gasteiger partial charge in [-0.25, -0.2) is 21.6 Å². The van der Waals surface area contributed by atoms with Crippen molar-refractivity contribution in [1.29, 1.82) is 0 Å². The van der Waals surface area contributed by atoms with Crippen LogP contribution < -0.4 is 4.72 Å². The van der Waals surface area contributed by atoms with E-state index in [4.69, 9.17) is 5.11 Å². The molecule has 2 N–H and O–H groups in total. The van der Waals surface area contributed by atoms with E-state index in [0.717, 1.165) is 0 Å². The molecule has 1 rings (SSSR count). The largest absolute Gasteiger partial charge is 0.396 e. The molecule has 1 aromatic carbocycles. The van der Waals surface area contributed by atoms with Crippen LogP contribution in [0.15, 0.2) is 12.1 Å². The summed E-state index contributed by atoms with van der Waals surface area (Å²) in [6.45, 7) is -0.326. The second-order valence-electron chi connectivity index (χ2n) is 3.25. The molecule has 8 heteroatoms. The van der Waals surface area contributed by atoms with Gasteiger partial charge < -0.3 is 5.11 Å². The maximum Gasteiger partial charge on any atom is 0.232 e. The quantitative estimate of drug-likeness (QED) is 0.790. The van der Waals surface area contributed by atoms with Crippen LogP contribution in [0, 0.1) is 17.5 Å². The van der Waals surface area contributed by atoms with E-state index in [1.54, 1.807) is 0 Å². The summed E-state index contributed by atoms with van der Waals surface area (Å²) in [5.41, 5.74) is -0.403. The van der Waals surface area contributed by atoms with Crippen LogP contribution in [-0.2, 0) is 10.0 Å². The number of nitrogens with one attached hydrogen (secondary N) is 1. The van der Waals surface area contributed by atoms with Gasteiger partial charge in [0.2, 0.25) is 10.0 Å². The molecule has 0 fully saturated rings. The Hall–Kier alpha value is -1.28. The van der Waals surface area contributed by atoms with Crippen molar-refractivity contribution in [3.63, 3.8) is 0 Å². The van der Waals surface area contributed by atoms with Gasteiger partial charge in [0.15, 0.2) is 17.5 Å². The third kappa shape index (κ3) is 3.90. The van der Waals surface area contributed by atoms with Crippen molar-refractivity contribution in [2.75, 3.05) is 17.1 Å². The van der Waals surface area contributed by atoms with Gasteiger partial charge in [0, 0.05) is 18.7 Å². The number of aliphatic hydroxyl groups is 1. The summed E-state index contributed by atoms with van der Waals surface area (Å²) in [5, 5.41) is 8.46. The molecule has 0 aromatic heterocycles. The van der Waals surface area contributed by atoms with Crippen LogP contribution in [0.1, 0.15) is 6.42 Å². The van der Waals surface area contributed by atoms with E-state index in [1.165, 1.54) is 0 Å². The lowest BCUT2D eigenvalue weighted by Crippen LogP contribution is -2.17. The first-order chi connectivity index (χ1) is 7.85. The Labute approximate surface area is 96.1 Å². The van der Waals surface area contributed by atoms with Gasteiger partial charge in [-0.2, -0.15) is 0 Å². The minimum absolute atomic E-state index is 0.0124. The summed E-state index contributed by atoms with van der Waals surface area (Å²) in [5.74, 6) is -5.03. The average Bonchev–Trinajstić information content (AvgIpc) is 2.22. The Morgan fingerprint density at radius 1 is 1.18 bits per heavy atom. The van der Waals surface area contributed by atoms with E-state index in [-0.39, 0.29) is 13.0 Å². The second kappa shape index (κ2) is 5.37. The van der Waals surface area contributed by atoms with Crippen LogP contribution in [0.5, 0.6) is 0 Å². The average molecular weight is 269 g/mol. The maximum absolute atomic E-state index is 12.8. The summed E-state index contributed by atoms with van der Waals surface area (Å²) in [7, 11) is -3.81. The lowest BCUT2D eigenvalue weighted by Gasteiger charge is -2.07. The number of sulfonamides is 1. The third-order valence-corrected chi connectivity index (χ3v) is 3.20. The highest BCUT2D eigenvalue weighted by Gasteiger charge is 2.14. The Morgan fingerprint density at radius 3 is 2.18 bits per heavy atom. The molecule has 0 atom stereocenters. The zero-order valence-corrected chi connectivity index (χ0v) is 9.40. The van der Waals surface area contributed by atoms with Crippen molar-refractivity contribution in [3.05, 3.63) is 29.6 Å². The molecule has 0 heterocycles. The molecule has 4 nitrogen and oxygen atoms in total. The van der Waals surface area contributed by atoms with Crippen molar-refractivity contribution < 1.29 is 26.7 Å². The van der Waals surface area contributed by atoms with Gasteiger partial charge in [0.1, 0.15) is 0 Å². The Bertz CT molecular complexity index is 481. The highest BCUT2D eigenvalue weighted by molar-refractivity contribution is 7.92. The van der Waals surface area contributed by atoms with Crippen LogP contribution in [-0.4, -0.2) is 25.9 Å². The predicted molar refractivity (Wildman–Crippen MR) is 55.4 cm³/mol.